The zero-order chi connectivity index (χ0) is 19.7. The van der Waals surface area contributed by atoms with E-state index in [2.05, 4.69) is 15.4 Å². The van der Waals surface area contributed by atoms with Crippen LogP contribution in [-0.4, -0.2) is 37.0 Å². The van der Waals surface area contributed by atoms with Crippen LogP contribution in [0.5, 0.6) is 0 Å². The Morgan fingerprint density at radius 1 is 1.23 bits per heavy atom. The predicted molar refractivity (Wildman–Crippen MR) is 91.0 cm³/mol. The number of halogens is 1. The summed E-state index contributed by atoms with van der Waals surface area (Å²) in [4.78, 5) is 36.0. The number of carbonyl (C=O) groups is 3. The van der Waals surface area contributed by atoms with Gasteiger partial charge in [0, 0.05) is 25.7 Å². The van der Waals surface area contributed by atoms with Crippen LogP contribution in [-0.2, 0) is 25.5 Å². The van der Waals surface area contributed by atoms with Crippen molar-refractivity contribution in [2.75, 3.05) is 7.11 Å². The third kappa shape index (κ3) is 6.51. The van der Waals surface area contributed by atoms with Gasteiger partial charge in [-0.05, 0) is 17.7 Å². The standard InChI is InChI=1S/C18H22FN3O4/c1-11(8-9-20)16(18(25)26-3)22-17(24)15(21-12(2)23)10-13-4-6-14(19)7-5-13/h4-7,11,15-16H,8,10H2,1-3H3,(H,21,23)(H,22,24)/t11-,15+,16+/m0/s1. The Kier molecular flexibility index (Phi) is 8.22. The summed E-state index contributed by atoms with van der Waals surface area (Å²) in [6.07, 6.45) is 0.162. The van der Waals surface area contributed by atoms with Gasteiger partial charge in [0.15, 0.2) is 0 Å². The number of hydrogen-bond acceptors (Lipinski definition) is 5. The first-order chi connectivity index (χ1) is 12.3. The molecule has 26 heavy (non-hydrogen) atoms. The molecule has 8 heteroatoms. The number of rotatable bonds is 8. The van der Waals surface area contributed by atoms with Gasteiger partial charge in [0.05, 0.1) is 13.2 Å². The van der Waals surface area contributed by atoms with Gasteiger partial charge in [-0.1, -0.05) is 19.1 Å². The van der Waals surface area contributed by atoms with Gasteiger partial charge >= 0.3 is 5.97 Å². The summed E-state index contributed by atoms with van der Waals surface area (Å²) in [5, 5.41) is 13.9. The second-order valence-corrected chi connectivity index (χ2v) is 5.93. The van der Waals surface area contributed by atoms with Crippen molar-refractivity contribution in [2.24, 2.45) is 5.92 Å². The van der Waals surface area contributed by atoms with Crippen molar-refractivity contribution >= 4 is 17.8 Å². The smallest absolute Gasteiger partial charge is 0.328 e. The lowest BCUT2D eigenvalue weighted by molar-refractivity contribution is -0.146. The number of hydrogen-bond donors (Lipinski definition) is 2. The van der Waals surface area contributed by atoms with Crippen LogP contribution in [0.3, 0.4) is 0 Å². The number of carbonyl (C=O) groups excluding carboxylic acids is 3. The summed E-state index contributed by atoms with van der Waals surface area (Å²) in [6, 6.07) is 5.49. The van der Waals surface area contributed by atoms with Crippen molar-refractivity contribution in [3.63, 3.8) is 0 Å². The van der Waals surface area contributed by atoms with E-state index in [1.165, 1.54) is 38.3 Å². The molecule has 0 fully saturated rings. The zero-order valence-corrected chi connectivity index (χ0v) is 14.9. The van der Waals surface area contributed by atoms with Crippen LogP contribution >= 0.6 is 0 Å². The number of methoxy groups -OCH3 is 1. The molecule has 0 saturated carbocycles. The van der Waals surface area contributed by atoms with Crippen molar-refractivity contribution in [3.8, 4) is 6.07 Å². The number of benzene rings is 1. The van der Waals surface area contributed by atoms with E-state index in [9.17, 15) is 18.8 Å². The van der Waals surface area contributed by atoms with Crippen molar-refractivity contribution in [2.45, 2.75) is 38.8 Å². The average molecular weight is 363 g/mol. The van der Waals surface area contributed by atoms with Gasteiger partial charge < -0.3 is 15.4 Å². The number of nitrogens with one attached hydrogen (secondary N) is 2. The second-order valence-electron chi connectivity index (χ2n) is 5.93. The van der Waals surface area contributed by atoms with E-state index in [1.807, 2.05) is 6.07 Å². The first kappa shape index (κ1) is 21.1. The molecule has 0 saturated heterocycles. The van der Waals surface area contributed by atoms with E-state index in [0.717, 1.165) is 0 Å². The van der Waals surface area contributed by atoms with E-state index in [0.29, 0.717) is 5.56 Å². The molecule has 0 unspecified atom stereocenters. The molecule has 140 valence electrons. The quantitative estimate of drug-likeness (QED) is 0.672. The van der Waals surface area contributed by atoms with Crippen LogP contribution in [0.2, 0.25) is 0 Å². The van der Waals surface area contributed by atoms with Crippen LogP contribution in [0.25, 0.3) is 0 Å². The summed E-state index contributed by atoms with van der Waals surface area (Å²) in [5.74, 6) is -2.58. The average Bonchev–Trinajstić information content (AvgIpc) is 2.59. The van der Waals surface area contributed by atoms with Crippen molar-refractivity contribution < 1.29 is 23.5 Å². The molecular weight excluding hydrogens is 341 g/mol. The van der Waals surface area contributed by atoms with Gasteiger partial charge in [0.2, 0.25) is 11.8 Å². The molecule has 7 nitrogen and oxygen atoms in total. The van der Waals surface area contributed by atoms with Crippen LogP contribution < -0.4 is 10.6 Å². The van der Waals surface area contributed by atoms with Crippen molar-refractivity contribution in [3.05, 3.63) is 35.6 Å². The van der Waals surface area contributed by atoms with Gasteiger partial charge in [-0.15, -0.1) is 0 Å². The highest BCUT2D eigenvalue weighted by atomic mass is 19.1. The molecule has 1 rings (SSSR count). The van der Waals surface area contributed by atoms with E-state index in [-0.39, 0.29) is 12.8 Å². The van der Waals surface area contributed by atoms with Crippen LogP contribution in [0.15, 0.2) is 24.3 Å². The molecule has 3 atom stereocenters. The highest BCUT2D eigenvalue weighted by Gasteiger charge is 2.30. The van der Waals surface area contributed by atoms with Gasteiger partial charge in [-0.25, -0.2) is 9.18 Å². The molecular formula is C18H22FN3O4. The normalized spacial score (nSPS) is 13.7. The van der Waals surface area contributed by atoms with Crippen LogP contribution in [0.4, 0.5) is 4.39 Å². The minimum Gasteiger partial charge on any atom is -0.467 e. The highest BCUT2D eigenvalue weighted by molar-refractivity contribution is 5.90. The molecule has 0 aromatic heterocycles. The number of nitrogens with zero attached hydrogens (tertiary/aromatic N) is 1. The molecule has 0 aliphatic heterocycles. The van der Waals surface area contributed by atoms with Crippen molar-refractivity contribution in [1.29, 1.82) is 5.26 Å². The molecule has 0 aliphatic rings. The number of amides is 2. The third-order valence-corrected chi connectivity index (χ3v) is 3.78. The third-order valence-electron chi connectivity index (χ3n) is 3.78. The SMILES string of the molecule is COC(=O)[C@H](NC(=O)[C@@H](Cc1ccc(F)cc1)NC(C)=O)[C@@H](C)CC#N. The van der Waals surface area contributed by atoms with Gasteiger partial charge in [-0.3, -0.25) is 9.59 Å². The van der Waals surface area contributed by atoms with Gasteiger partial charge in [0.25, 0.3) is 0 Å². The maximum Gasteiger partial charge on any atom is 0.328 e. The summed E-state index contributed by atoms with van der Waals surface area (Å²) >= 11 is 0. The Bertz CT molecular complexity index is 685. The molecule has 1 aromatic rings. The van der Waals surface area contributed by atoms with Gasteiger partial charge in [-0.2, -0.15) is 5.26 Å². The Hall–Kier alpha value is -2.95. The maximum absolute atomic E-state index is 13.0. The van der Waals surface area contributed by atoms with E-state index < -0.39 is 41.6 Å². The fraction of sp³-hybridized carbons (Fsp3) is 0.444. The molecule has 0 bridgehead atoms. The summed E-state index contributed by atoms with van der Waals surface area (Å²) in [7, 11) is 1.18. The first-order valence-corrected chi connectivity index (χ1v) is 8.05. The fourth-order valence-electron chi connectivity index (χ4n) is 2.39. The lowest BCUT2D eigenvalue weighted by Gasteiger charge is -2.24. The zero-order valence-electron chi connectivity index (χ0n) is 14.9. The second kappa shape index (κ2) is 10.1. The molecule has 0 heterocycles. The molecule has 0 radical (unpaired) electrons. The van der Waals surface area contributed by atoms with E-state index in [1.54, 1.807) is 6.92 Å². The lowest BCUT2D eigenvalue weighted by Crippen LogP contribution is -2.54. The molecule has 0 aliphatic carbocycles. The Morgan fingerprint density at radius 2 is 1.85 bits per heavy atom. The maximum atomic E-state index is 13.0. The summed E-state index contributed by atoms with van der Waals surface area (Å²) in [6.45, 7) is 2.90. The number of esters is 1. The van der Waals surface area contributed by atoms with E-state index in [4.69, 9.17) is 5.26 Å². The molecule has 0 spiro atoms. The molecule has 2 N–H and O–H groups in total. The Morgan fingerprint density at radius 3 is 2.35 bits per heavy atom. The Balaban J connectivity index is 2.95. The number of ether oxygens (including phenoxy) is 1. The molecule has 2 amide bonds. The predicted octanol–water partition coefficient (Wildman–Crippen LogP) is 1.08. The van der Waals surface area contributed by atoms with Crippen molar-refractivity contribution in [1.82, 2.24) is 10.6 Å². The fourth-order valence-corrected chi connectivity index (χ4v) is 2.39. The lowest BCUT2D eigenvalue weighted by atomic mass is 9.97. The minimum atomic E-state index is -1.02. The van der Waals surface area contributed by atoms with E-state index >= 15 is 0 Å². The van der Waals surface area contributed by atoms with Crippen LogP contribution in [0.1, 0.15) is 25.8 Å². The summed E-state index contributed by atoms with van der Waals surface area (Å²) in [5.41, 5.74) is 0.639. The first-order valence-electron chi connectivity index (χ1n) is 8.05. The Labute approximate surface area is 151 Å². The molecule has 1 aromatic carbocycles. The van der Waals surface area contributed by atoms with Crippen LogP contribution in [0, 0.1) is 23.1 Å². The largest absolute Gasteiger partial charge is 0.467 e. The minimum absolute atomic E-state index is 0.0445. The monoisotopic (exact) mass is 363 g/mol. The topological polar surface area (TPSA) is 108 Å². The highest BCUT2D eigenvalue weighted by Crippen LogP contribution is 2.11. The van der Waals surface area contributed by atoms with Gasteiger partial charge in [0.1, 0.15) is 17.9 Å². The number of nitriles is 1. The summed E-state index contributed by atoms with van der Waals surface area (Å²) < 4.78 is 17.7.